The summed E-state index contributed by atoms with van der Waals surface area (Å²) in [6.45, 7) is 1.30. The summed E-state index contributed by atoms with van der Waals surface area (Å²) >= 11 is 12.3. The van der Waals surface area contributed by atoms with E-state index in [4.69, 9.17) is 38.4 Å². The Morgan fingerprint density at radius 2 is 2.00 bits per heavy atom. The van der Waals surface area contributed by atoms with Crippen LogP contribution in [0.15, 0.2) is 36.4 Å². The van der Waals surface area contributed by atoms with Gasteiger partial charge in [0, 0.05) is 23.2 Å². The summed E-state index contributed by atoms with van der Waals surface area (Å²) in [5, 5.41) is 0.940. The summed E-state index contributed by atoms with van der Waals surface area (Å²) in [6, 6.07) is 10.6. The van der Waals surface area contributed by atoms with E-state index in [0.717, 1.165) is 5.56 Å². The molecule has 1 aliphatic rings. The van der Waals surface area contributed by atoms with Gasteiger partial charge < -0.3 is 20.1 Å². The van der Waals surface area contributed by atoms with E-state index in [2.05, 4.69) is 0 Å². The molecule has 3 rings (SSSR count). The fraction of sp³-hybridized carbons (Fsp3) is 0.278. The monoisotopic (exact) mass is 416 g/mol. The van der Waals surface area contributed by atoms with Gasteiger partial charge in [0.05, 0.1) is 36.5 Å². The molecule has 1 fully saturated rings. The lowest BCUT2D eigenvalue weighted by Crippen LogP contribution is -2.42. The van der Waals surface area contributed by atoms with Gasteiger partial charge in [-0.15, -0.1) is 12.4 Å². The molecule has 0 saturated carbocycles. The van der Waals surface area contributed by atoms with Gasteiger partial charge in [0.15, 0.2) is 0 Å². The van der Waals surface area contributed by atoms with Gasteiger partial charge in [-0.2, -0.15) is 0 Å². The molecule has 1 aliphatic heterocycles. The van der Waals surface area contributed by atoms with Gasteiger partial charge >= 0.3 is 0 Å². The van der Waals surface area contributed by atoms with Crippen LogP contribution in [0.25, 0.3) is 0 Å². The number of ether oxygens (including phenoxy) is 2. The van der Waals surface area contributed by atoms with Crippen LogP contribution in [-0.4, -0.2) is 37.6 Å². The van der Waals surface area contributed by atoms with Gasteiger partial charge in [0.25, 0.3) is 5.91 Å². The number of halogens is 3. The highest BCUT2D eigenvalue weighted by atomic mass is 35.5. The van der Waals surface area contributed by atoms with Crippen molar-refractivity contribution in [2.45, 2.75) is 6.10 Å². The highest BCUT2D eigenvalue weighted by Gasteiger charge is 2.29. The number of methoxy groups -OCH3 is 1. The van der Waals surface area contributed by atoms with Gasteiger partial charge in [-0.05, 0) is 12.1 Å². The van der Waals surface area contributed by atoms with E-state index >= 15 is 0 Å². The zero-order valence-corrected chi connectivity index (χ0v) is 16.4. The molecule has 1 amide bonds. The second-order valence-corrected chi connectivity index (χ2v) is 6.52. The zero-order chi connectivity index (χ0) is 18.0. The Labute approximate surface area is 168 Å². The SMILES string of the molecule is COc1cc(N)c(Cl)cc1C(=O)N1CCOC(c2ccccc2Cl)C1.Cl. The average molecular weight is 418 g/mol. The van der Waals surface area contributed by atoms with Crippen LogP contribution in [0.4, 0.5) is 5.69 Å². The van der Waals surface area contributed by atoms with Crippen LogP contribution < -0.4 is 10.5 Å². The van der Waals surface area contributed by atoms with Crippen LogP contribution in [0, 0.1) is 0 Å². The fourth-order valence-corrected chi connectivity index (χ4v) is 3.25. The number of hydrogen-bond acceptors (Lipinski definition) is 4. The third-order valence-corrected chi connectivity index (χ3v) is 4.83. The van der Waals surface area contributed by atoms with Crippen molar-refractivity contribution in [2.75, 3.05) is 32.5 Å². The highest BCUT2D eigenvalue weighted by Crippen LogP contribution is 2.32. The fourth-order valence-electron chi connectivity index (χ4n) is 2.83. The van der Waals surface area contributed by atoms with E-state index in [1.54, 1.807) is 11.0 Å². The van der Waals surface area contributed by atoms with Gasteiger partial charge in [0.1, 0.15) is 11.9 Å². The van der Waals surface area contributed by atoms with Crippen molar-refractivity contribution in [1.29, 1.82) is 0 Å². The van der Waals surface area contributed by atoms with Crippen molar-refractivity contribution in [2.24, 2.45) is 0 Å². The Morgan fingerprint density at radius 1 is 1.27 bits per heavy atom. The Hall–Kier alpha value is -1.66. The number of rotatable bonds is 3. The summed E-state index contributed by atoms with van der Waals surface area (Å²) in [7, 11) is 1.49. The number of nitrogen functional groups attached to an aromatic ring is 1. The minimum absolute atomic E-state index is 0. The van der Waals surface area contributed by atoms with E-state index in [1.165, 1.54) is 13.2 Å². The molecule has 0 spiro atoms. The van der Waals surface area contributed by atoms with E-state index < -0.39 is 0 Å². The van der Waals surface area contributed by atoms with E-state index in [0.29, 0.717) is 46.7 Å². The topological polar surface area (TPSA) is 64.8 Å². The van der Waals surface area contributed by atoms with E-state index in [1.807, 2.05) is 24.3 Å². The Bertz CT molecular complexity index is 801. The third kappa shape index (κ3) is 4.18. The summed E-state index contributed by atoms with van der Waals surface area (Å²) in [5.74, 6) is 0.215. The molecule has 0 aromatic heterocycles. The first kappa shape index (κ1) is 20.6. The van der Waals surface area contributed by atoms with Crippen LogP contribution in [0.3, 0.4) is 0 Å². The molecule has 8 heteroatoms. The van der Waals surface area contributed by atoms with Crippen LogP contribution in [0.2, 0.25) is 10.0 Å². The normalized spacial score (nSPS) is 16.7. The molecular formula is C18H19Cl3N2O3. The van der Waals surface area contributed by atoms with Gasteiger partial charge in [-0.1, -0.05) is 41.4 Å². The lowest BCUT2D eigenvalue weighted by atomic mass is 10.1. The van der Waals surface area contributed by atoms with Crippen molar-refractivity contribution in [1.82, 2.24) is 4.90 Å². The van der Waals surface area contributed by atoms with Crippen LogP contribution >= 0.6 is 35.6 Å². The highest BCUT2D eigenvalue weighted by molar-refractivity contribution is 6.33. The minimum atomic E-state index is -0.276. The predicted molar refractivity (Wildman–Crippen MR) is 106 cm³/mol. The van der Waals surface area contributed by atoms with Crippen LogP contribution in [0.1, 0.15) is 22.0 Å². The van der Waals surface area contributed by atoms with Crippen molar-refractivity contribution < 1.29 is 14.3 Å². The van der Waals surface area contributed by atoms with E-state index in [9.17, 15) is 4.79 Å². The van der Waals surface area contributed by atoms with Gasteiger partial charge in [-0.25, -0.2) is 0 Å². The molecule has 0 bridgehead atoms. The second kappa shape index (κ2) is 8.82. The molecule has 140 valence electrons. The molecule has 0 radical (unpaired) electrons. The smallest absolute Gasteiger partial charge is 0.257 e. The van der Waals surface area contributed by atoms with Crippen molar-refractivity contribution >= 4 is 47.2 Å². The average Bonchev–Trinajstić information content (AvgIpc) is 2.63. The number of nitrogens with zero attached hydrogens (tertiary/aromatic N) is 1. The summed E-state index contributed by atoms with van der Waals surface area (Å²) in [5.41, 5.74) is 7.39. The van der Waals surface area contributed by atoms with Crippen molar-refractivity contribution in [3.8, 4) is 5.75 Å². The maximum absolute atomic E-state index is 13.0. The molecule has 1 heterocycles. The quantitative estimate of drug-likeness (QED) is 0.759. The minimum Gasteiger partial charge on any atom is -0.496 e. The van der Waals surface area contributed by atoms with Gasteiger partial charge in [0.2, 0.25) is 0 Å². The lowest BCUT2D eigenvalue weighted by molar-refractivity contribution is -0.0228. The maximum atomic E-state index is 13.0. The molecule has 2 N–H and O–H groups in total. The molecule has 2 aromatic rings. The number of carbonyl (C=O) groups is 1. The third-order valence-electron chi connectivity index (χ3n) is 4.15. The first-order valence-corrected chi connectivity index (χ1v) is 8.55. The number of hydrogen-bond donors (Lipinski definition) is 1. The largest absolute Gasteiger partial charge is 0.496 e. The summed E-state index contributed by atoms with van der Waals surface area (Å²) < 4.78 is 11.1. The first-order chi connectivity index (χ1) is 12.0. The number of amides is 1. The molecule has 0 aliphatic carbocycles. The molecule has 1 atom stereocenters. The molecule has 1 unspecified atom stereocenters. The Kier molecular flexibility index (Phi) is 7.01. The number of anilines is 1. The molecule has 1 saturated heterocycles. The number of benzene rings is 2. The van der Waals surface area contributed by atoms with E-state index in [-0.39, 0.29) is 24.4 Å². The lowest BCUT2D eigenvalue weighted by Gasteiger charge is -2.34. The maximum Gasteiger partial charge on any atom is 0.257 e. The molecular weight excluding hydrogens is 399 g/mol. The van der Waals surface area contributed by atoms with Crippen molar-refractivity contribution in [3.05, 3.63) is 57.6 Å². The van der Waals surface area contributed by atoms with Crippen LogP contribution in [0.5, 0.6) is 5.75 Å². The second-order valence-electron chi connectivity index (χ2n) is 5.71. The standard InChI is InChI=1S/C18H18Cl2N2O3.ClH/c1-24-16-9-15(21)14(20)8-12(16)18(23)22-6-7-25-17(10-22)11-4-2-3-5-13(11)19;/h2-5,8-9,17H,6-7,10,21H2,1H3;1H. The zero-order valence-electron chi connectivity index (χ0n) is 14.1. The number of carbonyl (C=O) groups excluding carboxylic acids is 1. The van der Waals surface area contributed by atoms with Crippen molar-refractivity contribution in [3.63, 3.8) is 0 Å². The summed E-state index contributed by atoms with van der Waals surface area (Å²) in [4.78, 5) is 14.7. The number of morpholine rings is 1. The Balaban J connectivity index is 0.00000243. The molecule has 26 heavy (non-hydrogen) atoms. The summed E-state index contributed by atoms with van der Waals surface area (Å²) in [6.07, 6.45) is -0.276. The van der Waals surface area contributed by atoms with Gasteiger partial charge in [-0.3, -0.25) is 4.79 Å². The van der Waals surface area contributed by atoms with Crippen LogP contribution in [-0.2, 0) is 4.74 Å². The Morgan fingerprint density at radius 3 is 2.69 bits per heavy atom. The molecule has 2 aromatic carbocycles. The molecule has 5 nitrogen and oxygen atoms in total. The first-order valence-electron chi connectivity index (χ1n) is 7.79. The predicted octanol–water partition coefficient (Wildman–Crippen LogP) is 4.22. The number of nitrogens with two attached hydrogens (primary N) is 1.